The van der Waals surface area contributed by atoms with Crippen LogP contribution in [0.5, 0.6) is 0 Å². The lowest BCUT2D eigenvalue weighted by molar-refractivity contribution is -0.157. The van der Waals surface area contributed by atoms with E-state index in [9.17, 15) is 9.59 Å². The Balaban J connectivity index is 2.08. The predicted molar refractivity (Wildman–Crippen MR) is 87.0 cm³/mol. The van der Waals surface area contributed by atoms with Crippen molar-refractivity contribution >= 4 is 11.9 Å². The Kier molecular flexibility index (Phi) is 5.62. The number of rotatable bonds is 4. The van der Waals surface area contributed by atoms with Crippen LogP contribution < -0.4 is 0 Å². The van der Waals surface area contributed by atoms with Gasteiger partial charge in [0.05, 0.1) is 6.10 Å². The lowest BCUT2D eigenvalue weighted by Crippen LogP contribution is -2.36. The van der Waals surface area contributed by atoms with Crippen LogP contribution >= 0.6 is 0 Å². The lowest BCUT2D eigenvalue weighted by Gasteiger charge is -2.25. The minimum atomic E-state index is -0.699. The molecule has 1 fully saturated rings. The van der Waals surface area contributed by atoms with Gasteiger partial charge >= 0.3 is 11.9 Å². The fourth-order valence-electron chi connectivity index (χ4n) is 2.49. The summed E-state index contributed by atoms with van der Waals surface area (Å²) < 4.78 is 22.1. The molecule has 0 aromatic heterocycles. The summed E-state index contributed by atoms with van der Waals surface area (Å²) in [6.07, 6.45) is 6.14. The molecule has 0 spiro atoms. The second-order valence-electron chi connectivity index (χ2n) is 6.29. The van der Waals surface area contributed by atoms with E-state index in [0.29, 0.717) is 5.57 Å². The van der Waals surface area contributed by atoms with Gasteiger partial charge in [-0.3, -0.25) is 0 Å². The lowest BCUT2D eigenvalue weighted by atomic mass is 10.1. The summed E-state index contributed by atoms with van der Waals surface area (Å²) in [6, 6.07) is 0. The first kappa shape index (κ1) is 18.4. The molecule has 0 aromatic rings. The molecule has 4 atom stereocenters. The largest absolute Gasteiger partial charge is 0.451 e. The van der Waals surface area contributed by atoms with Crippen molar-refractivity contribution in [3.8, 4) is 0 Å². The van der Waals surface area contributed by atoms with E-state index in [-0.39, 0.29) is 12.2 Å². The molecule has 0 aromatic carbocycles. The van der Waals surface area contributed by atoms with Gasteiger partial charge in [0, 0.05) is 11.6 Å². The molecule has 0 unspecified atom stereocenters. The van der Waals surface area contributed by atoms with E-state index in [1.54, 1.807) is 32.1 Å². The second kappa shape index (κ2) is 7.32. The highest BCUT2D eigenvalue weighted by Gasteiger charge is 2.37. The number of hydrogen-bond acceptors (Lipinski definition) is 6. The number of allylic oxidation sites excluding steroid dienone is 1. The van der Waals surface area contributed by atoms with Crippen LogP contribution in [0.3, 0.4) is 0 Å². The van der Waals surface area contributed by atoms with Crippen LogP contribution in [0, 0.1) is 0 Å². The van der Waals surface area contributed by atoms with Gasteiger partial charge in [-0.25, -0.2) is 9.59 Å². The maximum absolute atomic E-state index is 11.9. The highest BCUT2D eigenvalue weighted by Crippen LogP contribution is 2.29. The summed E-state index contributed by atoms with van der Waals surface area (Å²) in [5.74, 6) is -1.58. The van der Waals surface area contributed by atoms with E-state index in [2.05, 4.69) is 0 Å². The summed E-state index contributed by atoms with van der Waals surface area (Å²) in [6.45, 7) is 9.00. The van der Waals surface area contributed by atoms with Crippen molar-refractivity contribution in [2.24, 2.45) is 0 Å². The molecule has 2 aliphatic rings. The van der Waals surface area contributed by atoms with Crippen molar-refractivity contribution < 1.29 is 28.5 Å². The molecule has 6 nitrogen and oxygen atoms in total. The minimum absolute atomic E-state index is 0.127. The van der Waals surface area contributed by atoms with Crippen LogP contribution in [0.25, 0.3) is 0 Å². The third-order valence-electron chi connectivity index (χ3n) is 3.84. The van der Waals surface area contributed by atoms with E-state index < -0.39 is 29.9 Å². The Hall–Kier alpha value is -1.92. The monoisotopic (exact) mass is 336 g/mol. The summed E-state index contributed by atoms with van der Waals surface area (Å²) in [5, 5.41) is 0. The smallest absolute Gasteiger partial charge is 0.334 e. The number of cyclic esters (lactones) is 1. The molecule has 1 saturated heterocycles. The first-order valence-electron chi connectivity index (χ1n) is 7.98. The van der Waals surface area contributed by atoms with E-state index >= 15 is 0 Å². The number of ether oxygens (including phenoxy) is 4. The normalized spacial score (nSPS) is 32.9. The molecule has 0 saturated carbocycles. The molecular weight excluding hydrogens is 312 g/mol. The van der Waals surface area contributed by atoms with Crippen LogP contribution in [0.2, 0.25) is 0 Å². The van der Waals surface area contributed by atoms with Gasteiger partial charge in [0.1, 0.15) is 6.10 Å². The molecule has 24 heavy (non-hydrogen) atoms. The maximum Gasteiger partial charge on any atom is 0.334 e. The van der Waals surface area contributed by atoms with Crippen molar-refractivity contribution in [2.75, 3.05) is 0 Å². The summed E-state index contributed by atoms with van der Waals surface area (Å²) >= 11 is 0. The van der Waals surface area contributed by atoms with Crippen molar-refractivity contribution in [1.82, 2.24) is 0 Å². The summed E-state index contributed by atoms with van der Waals surface area (Å²) in [7, 11) is 0. The summed E-state index contributed by atoms with van der Waals surface area (Å²) in [5.41, 5.74) is 0.492. The Labute approximate surface area is 142 Å². The van der Waals surface area contributed by atoms with Crippen molar-refractivity contribution in [2.45, 2.75) is 64.8 Å². The maximum atomic E-state index is 11.9. The van der Waals surface area contributed by atoms with Gasteiger partial charge in [-0.05, 0) is 46.8 Å². The molecule has 2 aliphatic heterocycles. The number of esters is 2. The Morgan fingerprint density at radius 1 is 1.25 bits per heavy atom. The van der Waals surface area contributed by atoms with Crippen LogP contribution in [-0.2, 0) is 28.5 Å². The Morgan fingerprint density at radius 2 is 1.92 bits per heavy atom. The van der Waals surface area contributed by atoms with Crippen molar-refractivity contribution in [1.29, 1.82) is 0 Å². The SMILES string of the molecule is C/C=C(\C)C(=O)O[C@H]1C=CC(=O)O[C@H]1/C=C/[C@@H]1OC(C)(C)O[C@H]1C. The fraction of sp³-hybridized carbons (Fsp3) is 0.556. The Morgan fingerprint density at radius 3 is 2.50 bits per heavy atom. The highest BCUT2D eigenvalue weighted by atomic mass is 16.7. The van der Waals surface area contributed by atoms with Crippen LogP contribution in [-0.4, -0.2) is 42.1 Å². The van der Waals surface area contributed by atoms with Gasteiger partial charge in [0.15, 0.2) is 18.0 Å². The molecule has 0 bridgehead atoms. The zero-order valence-electron chi connectivity index (χ0n) is 14.6. The molecule has 2 rings (SSSR count). The molecule has 0 aliphatic carbocycles. The minimum Gasteiger partial charge on any atom is -0.451 e. The fourth-order valence-corrected chi connectivity index (χ4v) is 2.49. The number of carbonyl (C=O) groups excluding carboxylic acids is 2. The standard InChI is InChI=1S/C18H24O6/c1-6-11(2)17(20)22-15-9-10-16(19)21-14(15)8-7-13-12(3)23-18(4,5)24-13/h6-10,12-15H,1-5H3/b8-7+,11-6+/t12-,13-,14-,15-/m0/s1. The van der Waals surface area contributed by atoms with E-state index in [1.165, 1.54) is 12.2 Å². The second-order valence-corrected chi connectivity index (χ2v) is 6.29. The number of hydrogen-bond donors (Lipinski definition) is 0. The molecule has 0 amide bonds. The average Bonchev–Trinajstić information content (AvgIpc) is 2.78. The van der Waals surface area contributed by atoms with Crippen LogP contribution in [0.15, 0.2) is 36.0 Å². The quantitative estimate of drug-likeness (QED) is 0.446. The van der Waals surface area contributed by atoms with Gasteiger partial charge in [0.2, 0.25) is 0 Å². The van der Waals surface area contributed by atoms with Gasteiger partial charge in [-0.2, -0.15) is 0 Å². The summed E-state index contributed by atoms with van der Waals surface area (Å²) in [4.78, 5) is 23.4. The van der Waals surface area contributed by atoms with Crippen molar-refractivity contribution in [3.05, 3.63) is 36.0 Å². The predicted octanol–water partition coefficient (Wildman–Crippen LogP) is 2.44. The molecule has 132 valence electrons. The zero-order valence-corrected chi connectivity index (χ0v) is 14.6. The molecule has 0 radical (unpaired) electrons. The molecule has 0 N–H and O–H groups in total. The third-order valence-corrected chi connectivity index (χ3v) is 3.84. The topological polar surface area (TPSA) is 71.1 Å². The zero-order chi connectivity index (χ0) is 17.9. The van der Waals surface area contributed by atoms with Gasteiger partial charge < -0.3 is 18.9 Å². The van der Waals surface area contributed by atoms with Crippen LogP contribution in [0.1, 0.15) is 34.6 Å². The molecule has 6 heteroatoms. The average molecular weight is 336 g/mol. The van der Waals surface area contributed by atoms with Gasteiger partial charge in [-0.1, -0.05) is 12.2 Å². The van der Waals surface area contributed by atoms with Crippen LogP contribution in [0.4, 0.5) is 0 Å². The van der Waals surface area contributed by atoms with E-state index in [4.69, 9.17) is 18.9 Å². The van der Waals surface area contributed by atoms with Crippen molar-refractivity contribution in [3.63, 3.8) is 0 Å². The third kappa shape index (κ3) is 4.55. The van der Waals surface area contributed by atoms with Gasteiger partial charge in [-0.15, -0.1) is 0 Å². The molecular formula is C18H24O6. The highest BCUT2D eigenvalue weighted by molar-refractivity contribution is 5.88. The first-order valence-corrected chi connectivity index (χ1v) is 7.98. The first-order chi connectivity index (χ1) is 11.2. The van der Waals surface area contributed by atoms with Gasteiger partial charge in [0.25, 0.3) is 0 Å². The Bertz CT molecular complexity index is 586. The number of carbonyl (C=O) groups is 2. The molecule has 2 heterocycles. The van der Waals surface area contributed by atoms with E-state index in [0.717, 1.165) is 0 Å². The van der Waals surface area contributed by atoms with E-state index in [1.807, 2.05) is 20.8 Å².